The van der Waals surface area contributed by atoms with Crippen molar-refractivity contribution < 1.29 is 14.6 Å². The second-order valence-electron chi connectivity index (χ2n) is 5.19. The predicted octanol–water partition coefficient (Wildman–Crippen LogP) is 2.29. The first-order valence-corrected chi connectivity index (χ1v) is 7.39. The molecule has 0 radical (unpaired) electrons. The van der Waals surface area contributed by atoms with Crippen LogP contribution in [0, 0.1) is 0 Å². The monoisotopic (exact) mass is 277 g/mol. The van der Waals surface area contributed by atoms with Gasteiger partial charge in [0.15, 0.2) is 0 Å². The van der Waals surface area contributed by atoms with E-state index in [1.165, 1.54) is 24.0 Å². The average molecular weight is 277 g/mol. The molecular weight excluding hydrogens is 254 g/mol. The molecule has 0 bridgehead atoms. The van der Waals surface area contributed by atoms with Gasteiger partial charge in [-0.3, -0.25) is 4.79 Å². The standard InChI is InChI=1S/C16H23NO3/c1-2-20-16(19)10-13(18)11-17-15-9-5-7-12-6-3-4-8-14(12)15/h5,7,9,13,17-18H,2-4,6,8,10-11H2,1H3. The number of fused-ring (bicyclic) bond motifs is 1. The van der Waals surface area contributed by atoms with E-state index in [0.29, 0.717) is 13.2 Å². The van der Waals surface area contributed by atoms with Gasteiger partial charge in [-0.05, 0) is 49.8 Å². The van der Waals surface area contributed by atoms with E-state index in [2.05, 4.69) is 11.4 Å². The Morgan fingerprint density at radius 1 is 1.40 bits per heavy atom. The summed E-state index contributed by atoms with van der Waals surface area (Å²) in [6, 6.07) is 6.26. The minimum absolute atomic E-state index is 0.0376. The fourth-order valence-electron chi connectivity index (χ4n) is 2.66. The summed E-state index contributed by atoms with van der Waals surface area (Å²) in [7, 11) is 0. The van der Waals surface area contributed by atoms with E-state index in [0.717, 1.165) is 18.5 Å². The maximum Gasteiger partial charge on any atom is 0.308 e. The number of nitrogens with one attached hydrogen (secondary N) is 1. The van der Waals surface area contributed by atoms with Crippen LogP contribution in [0.2, 0.25) is 0 Å². The molecule has 20 heavy (non-hydrogen) atoms. The van der Waals surface area contributed by atoms with Gasteiger partial charge in [0.2, 0.25) is 0 Å². The molecule has 1 atom stereocenters. The molecule has 110 valence electrons. The molecule has 2 N–H and O–H groups in total. The molecular formula is C16H23NO3. The SMILES string of the molecule is CCOC(=O)CC(O)CNc1cccc2c1CCCC2. The zero-order valence-corrected chi connectivity index (χ0v) is 12.0. The van der Waals surface area contributed by atoms with Crippen LogP contribution in [0.1, 0.15) is 37.3 Å². The third kappa shape index (κ3) is 3.97. The number of hydrogen-bond acceptors (Lipinski definition) is 4. The summed E-state index contributed by atoms with van der Waals surface area (Å²) in [5.41, 5.74) is 3.85. The van der Waals surface area contributed by atoms with E-state index in [9.17, 15) is 9.90 Å². The Morgan fingerprint density at radius 2 is 2.20 bits per heavy atom. The first-order chi connectivity index (χ1) is 9.70. The number of anilines is 1. The number of ether oxygens (including phenoxy) is 1. The summed E-state index contributed by atoms with van der Waals surface area (Å²) in [6.45, 7) is 2.49. The first kappa shape index (κ1) is 14.9. The van der Waals surface area contributed by atoms with Gasteiger partial charge in [0.1, 0.15) is 0 Å². The zero-order valence-electron chi connectivity index (χ0n) is 12.0. The molecule has 0 saturated heterocycles. The Hall–Kier alpha value is -1.55. The van der Waals surface area contributed by atoms with Gasteiger partial charge in [-0.2, -0.15) is 0 Å². The van der Waals surface area contributed by atoms with Crippen molar-refractivity contribution in [3.05, 3.63) is 29.3 Å². The number of aliphatic hydroxyl groups excluding tert-OH is 1. The fraction of sp³-hybridized carbons (Fsp3) is 0.562. The van der Waals surface area contributed by atoms with E-state index in [-0.39, 0.29) is 12.4 Å². The second kappa shape index (κ2) is 7.29. The van der Waals surface area contributed by atoms with Crippen LogP contribution in [0.4, 0.5) is 5.69 Å². The summed E-state index contributed by atoms with van der Waals surface area (Å²) in [5, 5.41) is 13.1. The van der Waals surface area contributed by atoms with Gasteiger partial charge in [0.25, 0.3) is 0 Å². The van der Waals surface area contributed by atoms with Crippen molar-refractivity contribution in [1.29, 1.82) is 0 Å². The van der Waals surface area contributed by atoms with Crippen LogP contribution in [0.5, 0.6) is 0 Å². The molecule has 1 aromatic carbocycles. The van der Waals surface area contributed by atoms with Crippen LogP contribution >= 0.6 is 0 Å². The van der Waals surface area contributed by atoms with Gasteiger partial charge in [-0.25, -0.2) is 0 Å². The van der Waals surface area contributed by atoms with Crippen LogP contribution in [0.25, 0.3) is 0 Å². The molecule has 0 spiro atoms. The van der Waals surface area contributed by atoms with E-state index < -0.39 is 6.10 Å². The lowest BCUT2D eigenvalue weighted by Crippen LogP contribution is -2.24. The molecule has 0 aliphatic heterocycles. The van der Waals surface area contributed by atoms with Crippen LogP contribution in [0.15, 0.2) is 18.2 Å². The number of aryl methyl sites for hydroxylation is 1. The number of rotatable bonds is 6. The van der Waals surface area contributed by atoms with Crippen LogP contribution in [0.3, 0.4) is 0 Å². The lowest BCUT2D eigenvalue weighted by molar-refractivity contribution is -0.145. The molecule has 1 aliphatic rings. The molecule has 4 nitrogen and oxygen atoms in total. The molecule has 1 aromatic rings. The topological polar surface area (TPSA) is 58.6 Å². The van der Waals surface area contributed by atoms with Gasteiger partial charge < -0.3 is 15.2 Å². The van der Waals surface area contributed by atoms with Crippen molar-refractivity contribution in [3.8, 4) is 0 Å². The molecule has 0 amide bonds. The quantitative estimate of drug-likeness (QED) is 0.783. The van der Waals surface area contributed by atoms with Crippen LogP contribution in [-0.4, -0.2) is 30.3 Å². The van der Waals surface area contributed by atoms with Gasteiger partial charge in [0.05, 0.1) is 19.1 Å². The van der Waals surface area contributed by atoms with E-state index in [1.54, 1.807) is 6.92 Å². The summed E-state index contributed by atoms with van der Waals surface area (Å²) in [6.07, 6.45) is 4.02. The number of hydrogen-bond donors (Lipinski definition) is 2. The number of benzene rings is 1. The molecule has 2 rings (SSSR count). The molecule has 4 heteroatoms. The third-order valence-corrected chi connectivity index (χ3v) is 3.63. The van der Waals surface area contributed by atoms with Gasteiger partial charge in [0, 0.05) is 12.2 Å². The summed E-state index contributed by atoms with van der Waals surface area (Å²) in [4.78, 5) is 11.3. The highest BCUT2D eigenvalue weighted by molar-refractivity contribution is 5.70. The Balaban J connectivity index is 1.89. The number of aliphatic hydroxyl groups is 1. The van der Waals surface area contributed by atoms with Crippen molar-refractivity contribution in [2.75, 3.05) is 18.5 Å². The largest absolute Gasteiger partial charge is 0.466 e. The first-order valence-electron chi connectivity index (χ1n) is 7.39. The van der Waals surface area contributed by atoms with Crippen molar-refractivity contribution in [1.82, 2.24) is 0 Å². The highest BCUT2D eigenvalue weighted by atomic mass is 16.5. The van der Waals surface area contributed by atoms with Crippen LogP contribution in [-0.2, 0) is 22.4 Å². The maximum atomic E-state index is 11.3. The predicted molar refractivity (Wildman–Crippen MR) is 78.8 cm³/mol. The fourth-order valence-corrected chi connectivity index (χ4v) is 2.66. The lowest BCUT2D eigenvalue weighted by atomic mass is 9.90. The smallest absolute Gasteiger partial charge is 0.308 e. The summed E-state index contributed by atoms with van der Waals surface area (Å²) < 4.78 is 4.83. The van der Waals surface area contributed by atoms with E-state index in [4.69, 9.17) is 4.74 Å². The molecule has 0 fully saturated rings. The zero-order chi connectivity index (χ0) is 14.4. The van der Waals surface area contributed by atoms with Crippen molar-refractivity contribution >= 4 is 11.7 Å². The second-order valence-corrected chi connectivity index (χ2v) is 5.19. The average Bonchev–Trinajstić information content (AvgIpc) is 2.45. The third-order valence-electron chi connectivity index (χ3n) is 3.63. The number of carbonyl (C=O) groups excluding carboxylic acids is 1. The summed E-state index contributed by atoms with van der Waals surface area (Å²) in [5.74, 6) is -0.350. The molecule has 1 aliphatic carbocycles. The minimum Gasteiger partial charge on any atom is -0.466 e. The Morgan fingerprint density at radius 3 is 3.00 bits per heavy atom. The molecule has 0 saturated carbocycles. The van der Waals surface area contributed by atoms with Gasteiger partial charge in [-0.15, -0.1) is 0 Å². The highest BCUT2D eigenvalue weighted by Gasteiger charge is 2.15. The maximum absolute atomic E-state index is 11.3. The van der Waals surface area contributed by atoms with E-state index >= 15 is 0 Å². The number of esters is 1. The van der Waals surface area contributed by atoms with Crippen LogP contribution < -0.4 is 5.32 Å². The molecule has 0 heterocycles. The van der Waals surface area contributed by atoms with Gasteiger partial charge >= 0.3 is 5.97 Å². The Kier molecular flexibility index (Phi) is 5.41. The molecule has 0 aromatic heterocycles. The van der Waals surface area contributed by atoms with Gasteiger partial charge in [-0.1, -0.05) is 12.1 Å². The molecule has 1 unspecified atom stereocenters. The lowest BCUT2D eigenvalue weighted by Gasteiger charge is -2.21. The Labute approximate surface area is 120 Å². The highest BCUT2D eigenvalue weighted by Crippen LogP contribution is 2.27. The van der Waals surface area contributed by atoms with Crippen molar-refractivity contribution in [2.45, 2.75) is 45.1 Å². The van der Waals surface area contributed by atoms with E-state index in [1.807, 2.05) is 12.1 Å². The van der Waals surface area contributed by atoms with Crippen molar-refractivity contribution in [3.63, 3.8) is 0 Å². The van der Waals surface area contributed by atoms with Crippen molar-refractivity contribution in [2.24, 2.45) is 0 Å². The summed E-state index contributed by atoms with van der Waals surface area (Å²) >= 11 is 0. The normalized spacial score (nSPS) is 15.3. The Bertz CT molecular complexity index is 459. The number of carbonyl (C=O) groups is 1. The minimum atomic E-state index is -0.714.